The van der Waals surface area contributed by atoms with Crippen molar-refractivity contribution in [3.8, 4) is 0 Å². The molecule has 1 aliphatic carbocycles. The number of carbonyl (C=O) groups is 1. The first-order valence-corrected chi connectivity index (χ1v) is 6.12. The summed E-state index contributed by atoms with van der Waals surface area (Å²) in [5.41, 5.74) is 7.85. The van der Waals surface area contributed by atoms with Crippen LogP contribution in [0.4, 0.5) is 0 Å². The first-order valence-electron chi connectivity index (χ1n) is 6.12. The fourth-order valence-electron chi connectivity index (χ4n) is 2.06. The highest BCUT2D eigenvalue weighted by atomic mass is 16.1. The van der Waals surface area contributed by atoms with Gasteiger partial charge in [0.1, 0.15) is 0 Å². The maximum Gasteiger partial charge on any atom is 0.179 e. The molecule has 0 spiro atoms. The van der Waals surface area contributed by atoms with Crippen molar-refractivity contribution in [1.82, 2.24) is 0 Å². The quantitative estimate of drug-likeness (QED) is 0.788. The highest BCUT2D eigenvalue weighted by Crippen LogP contribution is 2.36. The Labute approximate surface area is 96.8 Å². The van der Waals surface area contributed by atoms with Crippen molar-refractivity contribution in [2.75, 3.05) is 0 Å². The van der Waals surface area contributed by atoms with E-state index < -0.39 is 0 Å². The van der Waals surface area contributed by atoms with Crippen molar-refractivity contribution in [2.45, 2.75) is 44.6 Å². The van der Waals surface area contributed by atoms with Gasteiger partial charge in [-0.2, -0.15) is 0 Å². The Kier molecular flexibility index (Phi) is 3.39. The molecule has 2 rings (SSSR count). The first kappa shape index (κ1) is 11.3. The van der Waals surface area contributed by atoms with Crippen LogP contribution in [-0.4, -0.2) is 11.8 Å². The van der Waals surface area contributed by atoms with E-state index in [1.807, 2.05) is 19.1 Å². The summed E-state index contributed by atoms with van der Waals surface area (Å²) in [5, 5.41) is 0. The van der Waals surface area contributed by atoms with E-state index in [0.717, 1.165) is 11.5 Å². The van der Waals surface area contributed by atoms with E-state index in [1.165, 1.54) is 24.8 Å². The van der Waals surface area contributed by atoms with Gasteiger partial charge in [0.2, 0.25) is 0 Å². The molecule has 0 radical (unpaired) electrons. The molecule has 1 fully saturated rings. The summed E-state index contributed by atoms with van der Waals surface area (Å²) in [5.74, 6) is 0.784. The number of carbonyl (C=O) groups excluding carboxylic acids is 1. The monoisotopic (exact) mass is 217 g/mol. The van der Waals surface area contributed by atoms with E-state index in [-0.39, 0.29) is 11.8 Å². The minimum absolute atomic E-state index is 0.0580. The van der Waals surface area contributed by atoms with Gasteiger partial charge in [-0.05, 0) is 30.7 Å². The fourth-order valence-corrected chi connectivity index (χ4v) is 2.06. The van der Waals surface area contributed by atoms with Crippen LogP contribution in [0.25, 0.3) is 0 Å². The third-order valence-electron chi connectivity index (χ3n) is 3.55. The van der Waals surface area contributed by atoms with Crippen LogP contribution >= 0.6 is 0 Å². The van der Waals surface area contributed by atoms with E-state index in [9.17, 15) is 4.79 Å². The fraction of sp³-hybridized carbons (Fsp3) is 0.500. The maximum atomic E-state index is 11.8. The van der Waals surface area contributed by atoms with E-state index in [0.29, 0.717) is 6.42 Å². The topological polar surface area (TPSA) is 43.1 Å². The first-order chi connectivity index (χ1) is 7.72. The molecule has 2 nitrogen and oxygen atoms in total. The summed E-state index contributed by atoms with van der Waals surface area (Å²) < 4.78 is 0. The molecule has 1 saturated carbocycles. The molecular weight excluding hydrogens is 198 g/mol. The lowest BCUT2D eigenvalue weighted by Gasteiger charge is -2.25. The summed E-state index contributed by atoms with van der Waals surface area (Å²) in [6.45, 7) is 1.94. The van der Waals surface area contributed by atoms with Crippen molar-refractivity contribution in [1.29, 1.82) is 0 Å². The average molecular weight is 217 g/mol. The molecule has 0 heterocycles. The van der Waals surface area contributed by atoms with Gasteiger partial charge < -0.3 is 5.73 Å². The summed E-state index contributed by atoms with van der Waals surface area (Å²) in [6, 6.07) is 7.66. The second kappa shape index (κ2) is 4.79. The number of hydrogen-bond donors (Lipinski definition) is 1. The zero-order valence-corrected chi connectivity index (χ0v) is 9.78. The van der Waals surface area contributed by atoms with E-state index in [2.05, 4.69) is 12.1 Å². The lowest BCUT2D eigenvalue weighted by Crippen LogP contribution is -2.29. The Balaban J connectivity index is 2.09. The molecule has 0 aliphatic heterocycles. The largest absolute Gasteiger partial charge is 0.321 e. The Bertz CT molecular complexity index is 365. The molecular formula is C14H19NO. The number of nitrogens with two attached hydrogens (primary N) is 1. The molecule has 0 aromatic heterocycles. The van der Waals surface area contributed by atoms with Crippen molar-refractivity contribution >= 4 is 5.78 Å². The van der Waals surface area contributed by atoms with Gasteiger partial charge in [-0.1, -0.05) is 37.6 Å². The van der Waals surface area contributed by atoms with Gasteiger partial charge in [0.15, 0.2) is 5.78 Å². The van der Waals surface area contributed by atoms with Crippen LogP contribution in [0.5, 0.6) is 0 Å². The van der Waals surface area contributed by atoms with Gasteiger partial charge in [-0.3, -0.25) is 4.79 Å². The molecule has 16 heavy (non-hydrogen) atoms. The Morgan fingerprint density at radius 3 is 2.44 bits per heavy atom. The minimum atomic E-state index is -0.352. The highest BCUT2D eigenvalue weighted by Gasteiger charge is 2.20. The van der Waals surface area contributed by atoms with Crippen LogP contribution in [0.15, 0.2) is 24.3 Å². The van der Waals surface area contributed by atoms with E-state index in [1.54, 1.807) is 0 Å². The van der Waals surface area contributed by atoms with Gasteiger partial charge in [0.05, 0.1) is 6.04 Å². The molecule has 1 aromatic carbocycles. The second-order valence-corrected chi connectivity index (χ2v) is 4.63. The predicted octanol–water partition coefficient (Wildman–Crippen LogP) is 2.87. The van der Waals surface area contributed by atoms with Crippen molar-refractivity contribution in [2.24, 2.45) is 5.73 Å². The minimum Gasteiger partial charge on any atom is -0.321 e. The smallest absolute Gasteiger partial charge is 0.179 e. The summed E-state index contributed by atoms with van der Waals surface area (Å²) in [7, 11) is 0. The van der Waals surface area contributed by atoms with E-state index in [4.69, 9.17) is 5.73 Å². The molecule has 1 aromatic rings. The lowest BCUT2D eigenvalue weighted by atomic mass is 9.80. The molecule has 1 unspecified atom stereocenters. The third-order valence-corrected chi connectivity index (χ3v) is 3.55. The van der Waals surface area contributed by atoms with Gasteiger partial charge in [-0.15, -0.1) is 0 Å². The van der Waals surface area contributed by atoms with Crippen LogP contribution in [0.3, 0.4) is 0 Å². The Hall–Kier alpha value is -1.15. The molecule has 1 atom stereocenters. The second-order valence-electron chi connectivity index (χ2n) is 4.63. The number of Topliss-reactive ketones (excluding diaryl/α,β-unsaturated/α-hetero) is 1. The zero-order valence-electron chi connectivity index (χ0n) is 9.78. The van der Waals surface area contributed by atoms with Crippen molar-refractivity contribution in [3.05, 3.63) is 35.4 Å². The summed E-state index contributed by atoms with van der Waals surface area (Å²) >= 11 is 0. The molecule has 2 N–H and O–H groups in total. The van der Waals surface area contributed by atoms with Crippen LogP contribution in [0, 0.1) is 0 Å². The zero-order chi connectivity index (χ0) is 11.5. The number of benzene rings is 1. The van der Waals surface area contributed by atoms with E-state index >= 15 is 0 Å². The number of rotatable bonds is 4. The molecule has 0 bridgehead atoms. The summed E-state index contributed by atoms with van der Waals surface area (Å²) in [6.07, 6.45) is 4.62. The molecule has 86 valence electrons. The van der Waals surface area contributed by atoms with Crippen molar-refractivity contribution < 1.29 is 4.79 Å². The molecule has 0 saturated heterocycles. The van der Waals surface area contributed by atoms with Gasteiger partial charge >= 0.3 is 0 Å². The summed E-state index contributed by atoms with van der Waals surface area (Å²) in [4.78, 5) is 11.8. The number of hydrogen-bond acceptors (Lipinski definition) is 2. The normalized spacial score (nSPS) is 17.9. The molecule has 2 heteroatoms. The van der Waals surface area contributed by atoms with Crippen molar-refractivity contribution in [3.63, 3.8) is 0 Å². The van der Waals surface area contributed by atoms with Gasteiger partial charge in [0, 0.05) is 5.56 Å². The lowest BCUT2D eigenvalue weighted by molar-refractivity contribution is 0.0959. The van der Waals surface area contributed by atoms with Crippen LogP contribution in [-0.2, 0) is 0 Å². The Morgan fingerprint density at radius 1 is 1.38 bits per heavy atom. The van der Waals surface area contributed by atoms with Gasteiger partial charge in [-0.25, -0.2) is 0 Å². The third kappa shape index (κ3) is 2.17. The van der Waals surface area contributed by atoms with Crippen LogP contribution in [0.1, 0.15) is 54.4 Å². The van der Waals surface area contributed by atoms with Crippen LogP contribution < -0.4 is 5.73 Å². The molecule has 0 amide bonds. The number of ketones is 1. The Morgan fingerprint density at radius 2 is 2.00 bits per heavy atom. The maximum absolute atomic E-state index is 11.8. The highest BCUT2D eigenvalue weighted by molar-refractivity contribution is 5.99. The average Bonchev–Trinajstić information content (AvgIpc) is 2.26. The SMILES string of the molecule is CCC(N)C(=O)c1ccc(C2CCC2)cc1. The standard InChI is InChI=1S/C14H19NO/c1-2-13(15)14(16)12-8-6-11(7-9-12)10-4-3-5-10/h6-10,13H,2-5,15H2,1H3. The van der Waals surface area contributed by atoms with Gasteiger partial charge in [0.25, 0.3) is 0 Å². The molecule has 1 aliphatic rings. The van der Waals surface area contributed by atoms with Crippen LogP contribution in [0.2, 0.25) is 0 Å². The predicted molar refractivity (Wildman–Crippen MR) is 65.6 cm³/mol.